The van der Waals surface area contributed by atoms with Crippen LogP contribution in [0.15, 0.2) is 11.6 Å². The number of amides is 1. The molecule has 0 fully saturated rings. The van der Waals surface area contributed by atoms with Crippen LogP contribution in [0, 0.1) is 5.92 Å². The van der Waals surface area contributed by atoms with Crippen molar-refractivity contribution in [1.29, 1.82) is 0 Å². The Morgan fingerprint density at radius 1 is 1.68 bits per heavy atom. The van der Waals surface area contributed by atoms with Gasteiger partial charge < -0.3 is 16.0 Å². The van der Waals surface area contributed by atoms with Crippen LogP contribution in [0.2, 0.25) is 0 Å². The molecule has 0 aromatic carbocycles. The van der Waals surface area contributed by atoms with Crippen LogP contribution in [0.25, 0.3) is 4.96 Å². The average molecular weight is 281 g/mol. The summed E-state index contributed by atoms with van der Waals surface area (Å²) >= 11 is 1.58. The molecule has 1 amide bonds. The number of thiazole rings is 1. The standard InChI is InChI=1S/C12H19N5OS/c1-8(11(18)14-2)7-16(3)10-9(6-13)17-4-5-19-12(17)15-10/h4-5,8H,6-7,13H2,1-3H3,(H,14,18). The molecule has 1 unspecified atom stereocenters. The lowest BCUT2D eigenvalue weighted by Gasteiger charge is -2.21. The Hall–Kier alpha value is -1.60. The van der Waals surface area contributed by atoms with E-state index in [1.54, 1.807) is 18.4 Å². The van der Waals surface area contributed by atoms with E-state index < -0.39 is 0 Å². The predicted molar refractivity (Wildman–Crippen MR) is 77.5 cm³/mol. The van der Waals surface area contributed by atoms with Crippen molar-refractivity contribution in [2.24, 2.45) is 11.7 Å². The highest BCUT2D eigenvalue weighted by Crippen LogP contribution is 2.24. The number of carbonyl (C=O) groups is 1. The molecule has 6 nitrogen and oxygen atoms in total. The number of nitrogens with one attached hydrogen (secondary N) is 1. The number of aromatic nitrogens is 2. The van der Waals surface area contributed by atoms with Gasteiger partial charge in [0.2, 0.25) is 5.91 Å². The summed E-state index contributed by atoms with van der Waals surface area (Å²) in [4.78, 5) is 19.1. The molecule has 2 aromatic heterocycles. The van der Waals surface area contributed by atoms with E-state index in [1.807, 2.05) is 34.8 Å². The van der Waals surface area contributed by atoms with E-state index in [9.17, 15) is 4.79 Å². The molecule has 2 rings (SSSR count). The van der Waals surface area contributed by atoms with Gasteiger partial charge in [-0.1, -0.05) is 6.92 Å². The molecule has 0 saturated carbocycles. The molecule has 0 bridgehead atoms. The molecule has 19 heavy (non-hydrogen) atoms. The van der Waals surface area contributed by atoms with Gasteiger partial charge in [0.05, 0.1) is 11.6 Å². The van der Waals surface area contributed by atoms with Crippen LogP contribution in [-0.2, 0) is 11.3 Å². The quantitative estimate of drug-likeness (QED) is 0.845. The monoisotopic (exact) mass is 281 g/mol. The van der Waals surface area contributed by atoms with Crippen molar-refractivity contribution in [3.63, 3.8) is 0 Å². The van der Waals surface area contributed by atoms with Crippen molar-refractivity contribution in [2.45, 2.75) is 13.5 Å². The highest BCUT2D eigenvalue weighted by molar-refractivity contribution is 7.15. The van der Waals surface area contributed by atoms with E-state index in [4.69, 9.17) is 5.73 Å². The summed E-state index contributed by atoms with van der Waals surface area (Å²) in [5.74, 6) is 0.785. The topological polar surface area (TPSA) is 75.7 Å². The molecular formula is C12H19N5OS. The predicted octanol–water partition coefficient (Wildman–Crippen LogP) is 0.673. The van der Waals surface area contributed by atoms with E-state index in [1.165, 1.54) is 0 Å². The largest absolute Gasteiger partial charge is 0.359 e. The summed E-state index contributed by atoms with van der Waals surface area (Å²) in [5.41, 5.74) is 6.79. The van der Waals surface area contributed by atoms with Gasteiger partial charge in [-0.2, -0.15) is 0 Å². The third-order valence-electron chi connectivity index (χ3n) is 3.14. The second kappa shape index (κ2) is 5.58. The SMILES string of the molecule is CNC(=O)C(C)CN(C)c1nc2sccn2c1CN. The molecule has 2 aromatic rings. The molecule has 1 atom stereocenters. The van der Waals surface area contributed by atoms with Crippen molar-refractivity contribution in [3.05, 3.63) is 17.3 Å². The zero-order valence-electron chi connectivity index (χ0n) is 11.4. The Morgan fingerprint density at radius 2 is 2.42 bits per heavy atom. The second-order valence-corrected chi connectivity index (χ2v) is 5.41. The third-order valence-corrected chi connectivity index (χ3v) is 3.89. The summed E-state index contributed by atoms with van der Waals surface area (Å²) in [6.45, 7) is 2.93. The van der Waals surface area contributed by atoms with Crippen molar-refractivity contribution in [2.75, 3.05) is 25.5 Å². The number of carbonyl (C=O) groups excluding carboxylic acids is 1. The van der Waals surface area contributed by atoms with Crippen molar-refractivity contribution in [3.8, 4) is 0 Å². The van der Waals surface area contributed by atoms with Crippen LogP contribution >= 0.6 is 11.3 Å². The van der Waals surface area contributed by atoms with Crippen LogP contribution < -0.4 is 16.0 Å². The number of rotatable bonds is 5. The van der Waals surface area contributed by atoms with Crippen molar-refractivity contribution in [1.82, 2.24) is 14.7 Å². The minimum atomic E-state index is -0.0969. The minimum absolute atomic E-state index is 0.0298. The number of imidazole rings is 1. The fourth-order valence-electron chi connectivity index (χ4n) is 2.14. The first kappa shape index (κ1) is 13.8. The third kappa shape index (κ3) is 2.57. The lowest BCUT2D eigenvalue weighted by atomic mass is 10.1. The molecule has 2 heterocycles. The number of anilines is 1. The van der Waals surface area contributed by atoms with Gasteiger partial charge >= 0.3 is 0 Å². The van der Waals surface area contributed by atoms with Gasteiger partial charge in [-0.25, -0.2) is 4.98 Å². The number of hydrogen-bond acceptors (Lipinski definition) is 5. The number of fused-ring (bicyclic) bond motifs is 1. The average Bonchev–Trinajstić information content (AvgIpc) is 2.97. The maximum Gasteiger partial charge on any atom is 0.224 e. The summed E-state index contributed by atoms with van der Waals surface area (Å²) < 4.78 is 2.00. The molecule has 0 saturated heterocycles. The van der Waals surface area contributed by atoms with Gasteiger partial charge in [-0.15, -0.1) is 11.3 Å². The summed E-state index contributed by atoms with van der Waals surface area (Å²) in [6, 6.07) is 0. The van der Waals surface area contributed by atoms with Gasteiger partial charge in [-0.3, -0.25) is 9.20 Å². The maximum absolute atomic E-state index is 11.6. The van der Waals surface area contributed by atoms with Gasteiger partial charge in [0.15, 0.2) is 10.8 Å². The Bertz CT molecular complexity index is 576. The van der Waals surface area contributed by atoms with Gasteiger partial charge in [0, 0.05) is 38.8 Å². The smallest absolute Gasteiger partial charge is 0.224 e. The Balaban J connectivity index is 2.23. The first-order valence-corrected chi connectivity index (χ1v) is 7.03. The molecule has 0 aliphatic heterocycles. The molecule has 104 valence electrons. The zero-order valence-corrected chi connectivity index (χ0v) is 12.2. The van der Waals surface area contributed by atoms with Gasteiger partial charge in [0.25, 0.3) is 0 Å². The van der Waals surface area contributed by atoms with E-state index >= 15 is 0 Å². The number of hydrogen-bond donors (Lipinski definition) is 2. The van der Waals surface area contributed by atoms with E-state index in [0.717, 1.165) is 16.5 Å². The Labute approximate surface area is 116 Å². The van der Waals surface area contributed by atoms with E-state index in [0.29, 0.717) is 13.1 Å². The molecular weight excluding hydrogens is 262 g/mol. The molecule has 0 radical (unpaired) electrons. The van der Waals surface area contributed by atoms with E-state index in [-0.39, 0.29) is 11.8 Å². The summed E-state index contributed by atoms with van der Waals surface area (Å²) in [6.07, 6.45) is 1.97. The Kier molecular flexibility index (Phi) is 4.06. The number of nitrogens with zero attached hydrogens (tertiary/aromatic N) is 3. The fourth-order valence-corrected chi connectivity index (χ4v) is 2.87. The molecule has 0 spiro atoms. The van der Waals surface area contributed by atoms with Crippen LogP contribution in [0.5, 0.6) is 0 Å². The first-order valence-electron chi connectivity index (χ1n) is 6.15. The molecule has 7 heteroatoms. The maximum atomic E-state index is 11.6. The van der Waals surface area contributed by atoms with Crippen LogP contribution in [-0.4, -0.2) is 35.9 Å². The van der Waals surface area contributed by atoms with Gasteiger partial charge in [-0.05, 0) is 0 Å². The Morgan fingerprint density at radius 3 is 3.05 bits per heavy atom. The van der Waals surface area contributed by atoms with Crippen molar-refractivity contribution >= 4 is 28.0 Å². The van der Waals surface area contributed by atoms with Crippen LogP contribution in [0.3, 0.4) is 0 Å². The normalized spacial score (nSPS) is 12.6. The summed E-state index contributed by atoms with van der Waals surface area (Å²) in [5, 5.41) is 4.64. The molecule has 0 aliphatic rings. The first-order chi connectivity index (χ1) is 9.08. The highest BCUT2D eigenvalue weighted by Gasteiger charge is 2.19. The molecule has 0 aliphatic carbocycles. The lowest BCUT2D eigenvalue weighted by Crippen LogP contribution is -2.35. The highest BCUT2D eigenvalue weighted by atomic mass is 32.1. The van der Waals surface area contributed by atoms with Gasteiger partial charge in [0.1, 0.15) is 0 Å². The van der Waals surface area contributed by atoms with Crippen LogP contribution in [0.1, 0.15) is 12.6 Å². The van der Waals surface area contributed by atoms with Crippen molar-refractivity contribution < 1.29 is 4.79 Å². The van der Waals surface area contributed by atoms with Crippen LogP contribution in [0.4, 0.5) is 5.82 Å². The summed E-state index contributed by atoms with van der Waals surface area (Å²) in [7, 11) is 3.59. The minimum Gasteiger partial charge on any atom is -0.359 e. The number of nitrogens with two attached hydrogens (primary N) is 1. The van der Waals surface area contributed by atoms with E-state index in [2.05, 4.69) is 10.3 Å². The lowest BCUT2D eigenvalue weighted by molar-refractivity contribution is -0.123. The fraction of sp³-hybridized carbons (Fsp3) is 0.500. The zero-order chi connectivity index (χ0) is 14.0. The molecule has 3 N–H and O–H groups in total. The second-order valence-electron chi connectivity index (χ2n) is 4.54.